The lowest BCUT2D eigenvalue weighted by Crippen LogP contribution is -2.37. The largest absolute Gasteiger partial charge is 0.387 e. The topological polar surface area (TPSA) is 23.5 Å². The number of hydrogen-bond acceptors (Lipinski definition) is 2. The molecule has 0 radical (unpaired) electrons. The molecule has 0 aromatic heterocycles. The van der Waals surface area contributed by atoms with E-state index in [0.29, 0.717) is 18.0 Å². The first-order valence-electron chi connectivity index (χ1n) is 8.06. The van der Waals surface area contributed by atoms with E-state index in [-0.39, 0.29) is 6.10 Å². The first-order valence-corrected chi connectivity index (χ1v) is 8.06. The van der Waals surface area contributed by atoms with Gasteiger partial charge < -0.3 is 5.11 Å². The predicted molar refractivity (Wildman–Crippen MR) is 85.0 cm³/mol. The van der Waals surface area contributed by atoms with Crippen molar-refractivity contribution in [1.82, 2.24) is 4.90 Å². The maximum Gasteiger partial charge on any atom is 0.0917 e. The minimum Gasteiger partial charge on any atom is -0.387 e. The molecule has 1 heterocycles. The summed E-state index contributed by atoms with van der Waals surface area (Å²) in [4.78, 5) is 2.49. The van der Waals surface area contributed by atoms with Gasteiger partial charge in [-0.05, 0) is 43.2 Å². The molecular weight excluding hydrogens is 246 g/mol. The maximum atomic E-state index is 10.5. The van der Waals surface area contributed by atoms with Gasteiger partial charge in [0.05, 0.1) is 6.10 Å². The van der Waals surface area contributed by atoms with Crippen LogP contribution in [-0.2, 0) is 0 Å². The zero-order chi connectivity index (χ0) is 14.7. The molecule has 1 N–H and O–H groups in total. The van der Waals surface area contributed by atoms with Crippen LogP contribution < -0.4 is 0 Å². The molecule has 2 rings (SSSR count). The molecule has 1 aliphatic heterocycles. The number of rotatable bonds is 5. The van der Waals surface area contributed by atoms with E-state index in [4.69, 9.17) is 0 Å². The molecular formula is C18H29NO. The van der Waals surface area contributed by atoms with Crippen LogP contribution in [0.2, 0.25) is 0 Å². The van der Waals surface area contributed by atoms with Gasteiger partial charge in [-0.1, -0.05) is 45.0 Å². The van der Waals surface area contributed by atoms with Crippen molar-refractivity contribution in [3.8, 4) is 0 Å². The summed E-state index contributed by atoms with van der Waals surface area (Å²) in [5.74, 6) is 0.546. The van der Waals surface area contributed by atoms with Gasteiger partial charge in [0, 0.05) is 18.6 Å². The van der Waals surface area contributed by atoms with Crippen LogP contribution in [0.3, 0.4) is 0 Å². The molecule has 0 spiro atoms. The maximum absolute atomic E-state index is 10.5. The van der Waals surface area contributed by atoms with E-state index in [1.165, 1.54) is 24.8 Å². The SMILES string of the molecule is CCC1CCC(C)N1CC(O)c1ccc(C(C)C)cc1. The Hall–Kier alpha value is -0.860. The number of benzene rings is 1. The molecule has 0 amide bonds. The van der Waals surface area contributed by atoms with Gasteiger partial charge in [-0.2, -0.15) is 0 Å². The third-order valence-electron chi connectivity index (χ3n) is 4.80. The van der Waals surface area contributed by atoms with Crippen LogP contribution in [0.1, 0.15) is 70.1 Å². The molecule has 20 heavy (non-hydrogen) atoms. The average molecular weight is 275 g/mol. The number of nitrogens with zero attached hydrogens (tertiary/aromatic N) is 1. The van der Waals surface area contributed by atoms with Crippen molar-refractivity contribution in [2.24, 2.45) is 0 Å². The smallest absolute Gasteiger partial charge is 0.0917 e. The van der Waals surface area contributed by atoms with Gasteiger partial charge in [-0.15, -0.1) is 0 Å². The summed E-state index contributed by atoms with van der Waals surface area (Å²) >= 11 is 0. The second kappa shape index (κ2) is 6.73. The molecule has 1 aromatic rings. The molecule has 0 bridgehead atoms. The number of aliphatic hydroxyl groups is 1. The van der Waals surface area contributed by atoms with Gasteiger partial charge in [0.25, 0.3) is 0 Å². The van der Waals surface area contributed by atoms with Gasteiger partial charge in [0.1, 0.15) is 0 Å². The van der Waals surface area contributed by atoms with Crippen molar-refractivity contribution < 1.29 is 5.11 Å². The first kappa shape index (κ1) is 15.5. The number of β-amino-alcohol motifs (C(OH)–C–C–N with tert-alkyl or cyclic N) is 1. The van der Waals surface area contributed by atoms with Crippen LogP contribution in [0.5, 0.6) is 0 Å². The standard InChI is InChI=1S/C18H29NO/c1-5-17-11-6-14(4)19(17)12-18(20)16-9-7-15(8-10-16)13(2)3/h7-10,13-14,17-18,20H,5-6,11-12H2,1-4H3. The molecule has 1 aliphatic rings. The Morgan fingerprint density at radius 2 is 1.75 bits per heavy atom. The summed E-state index contributed by atoms with van der Waals surface area (Å²) in [7, 11) is 0. The summed E-state index contributed by atoms with van der Waals surface area (Å²) in [6.45, 7) is 9.69. The van der Waals surface area contributed by atoms with Crippen LogP contribution in [-0.4, -0.2) is 28.6 Å². The van der Waals surface area contributed by atoms with Gasteiger partial charge in [0.2, 0.25) is 0 Å². The van der Waals surface area contributed by atoms with Crippen molar-refractivity contribution in [3.05, 3.63) is 35.4 Å². The molecule has 1 saturated heterocycles. The van der Waals surface area contributed by atoms with Crippen LogP contribution in [0.25, 0.3) is 0 Å². The van der Waals surface area contributed by atoms with Gasteiger partial charge in [-0.25, -0.2) is 0 Å². The van der Waals surface area contributed by atoms with E-state index in [2.05, 4.69) is 56.9 Å². The molecule has 1 aromatic carbocycles. The Morgan fingerprint density at radius 3 is 2.30 bits per heavy atom. The van der Waals surface area contributed by atoms with Gasteiger partial charge in [0.15, 0.2) is 0 Å². The van der Waals surface area contributed by atoms with E-state index in [1.807, 2.05) is 0 Å². The number of likely N-dealkylation sites (tertiary alicyclic amines) is 1. The molecule has 1 fully saturated rings. The predicted octanol–water partition coefficient (Wildman–Crippen LogP) is 4.11. The van der Waals surface area contributed by atoms with E-state index in [1.54, 1.807) is 0 Å². The van der Waals surface area contributed by atoms with Crippen molar-refractivity contribution in [3.63, 3.8) is 0 Å². The summed E-state index contributed by atoms with van der Waals surface area (Å²) in [5.41, 5.74) is 2.38. The van der Waals surface area contributed by atoms with Crippen LogP contribution >= 0.6 is 0 Å². The Labute approximate surface area is 123 Å². The van der Waals surface area contributed by atoms with Crippen molar-refractivity contribution in [1.29, 1.82) is 0 Å². The van der Waals surface area contributed by atoms with Crippen molar-refractivity contribution in [2.45, 2.75) is 71.1 Å². The highest BCUT2D eigenvalue weighted by Crippen LogP contribution is 2.28. The quantitative estimate of drug-likeness (QED) is 0.874. The zero-order valence-corrected chi connectivity index (χ0v) is 13.3. The molecule has 2 heteroatoms. The molecule has 0 aliphatic carbocycles. The minimum atomic E-state index is -0.370. The molecule has 2 nitrogen and oxygen atoms in total. The lowest BCUT2D eigenvalue weighted by Gasteiger charge is -2.30. The second-order valence-corrected chi connectivity index (χ2v) is 6.52. The van der Waals surface area contributed by atoms with E-state index < -0.39 is 0 Å². The average Bonchev–Trinajstić information content (AvgIpc) is 2.79. The van der Waals surface area contributed by atoms with Crippen LogP contribution in [0.4, 0.5) is 0 Å². The van der Waals surface area contributed by atoms with E-state index >= 15 is 0 Å². The highest BCUT2D eigenvalue weighted by Gasteiger charge is 2.30. The third-order valence-corrected chi connectivity index (χ3v) is 4.80. The summed E-state index contributed by atoms with van der Waals surface area (Å²) in [6.07, 6.45) is 3.35. The Kier molecular flexibility index (Phi) is 5.22. The normalized spacial score (nSPS) is 25.3. The number of hydrogen-bond donors (Lipinski definition) is 1. The van der Waals surface area contributed by atoms with E-state index in [0.717, 1.165) is 12.1 Å². The fourth-order valence-corrected chi connectivity index (χ4v) is 3.30. The Morgan fingerprint density at radius 1 is 1.15 bits per heavy atom. The lowest BCUT2D eigenvalue weighted by atomic mass is 9.99. The lowest BCUT2D eigenvalue weighted by molar-refractivity contribution is 0.0860. The molecule has 3 unspecified atom stereocenters. The number of aliphatic hydroxyl groups excluding tert-OH is 1. The van der Waals surface area contributed by atoms with Crippen molar-refractivity contribution >= 4 is 0 Å². The summed E-state index contributed by atoms with van der Waals surface area (Å²) < 4.78 is 0. The Balaban J connectivity index is 2.02. The second-order valence-electron chi connectivity index (χ2n) is 6.52. The van der Waals surface area contributed by atoms with E-state index in [9.17, 15) is 5.11 Å². The van der Waals surface area contributed by atoms with Crippen molar-refractivity contribution in [2.75, 3.05) is 6.54 Å². The highest BCUT2D eigenvalue weighted by molar-refractivity contribution is 5.26. The minimum absolute atomic E-state index is 0.370. The highest BCUT2D eigenvalue weighted by atomic mass is 16.3. The fourth-order valence-electron chi connectivity index (χ4n) is 3.30. The van der Waals surface area contributed by atoms with Crippen LogP contribution in [0.15, 0.2) is 24.3 Å². The van der Waals surface area contributed by atoms with Gasteiger partial charge in [-0.3, -0.25) is 4.90 Å². The van der Waals surface area contributed by atoms with Gasteiger partial charge >= 0.3 is 0 Å². The molecule has 112 valence electrons. The third kappa shape index (κ3) is 3.42. The monoisotopic (exact) mass is 275 g/mol. The fraction of sp³-hybridized carbons (Fsp3) is 0.667. The first-order chi connectivity index (χ1) is 9.52. The Bertz CT molecular complexity index is 412. The van der Waals surface area contributed by atoms with Crippen LogP contribution in [0, 0.1) is 0 Å². The summed E-state index contributed by atoms with van der Waals surface area (Å²) in [5, 5.41) is 10.5. The zero-order valence-electron chi connectivity index (χ0n) is 13.3. The molecule has 3 atom stereocenters. The molecule has 0 saturated carbocycles. The summed E-state index contributed by atoms with van der Waals surface area (Å²) in [6, 6.07) is 9.71.